The molecule has 0 saturated carbocycles. The molecule has 3 aromatic rings. The molecular formula is C18H9F15O4P4. The Morgan fingerprint density at radius 3 is 0.488 bits per heavy atom. The van der Waals surface area contributed by atoms with Crippen molar-refractivity contribution in [2.75, 3.05) is 0 Å². The molecule has 0 spiro atoms. The topological polar surface area (TPSA) is 77.8 Å². The summed E-state index contributed by atoms with van der Waals surface area (Å²) in [5.41, 5.74) is 0. The average molecular weight is 698 g/mol. The zero-order valence-electron chi connectivity index (χ0n) is 18.6. The van der Waals surface area contributed by atoms with Crippen LogP contribution in [0.2, 0.25) is 0 Å². The van der Waals surface area contributed by atoms with Gasteiger partial charge in [-0.15, -0.1) is 0 Å². The number of phosphoric acid groups is 1. The van der Waals surface area contributed by atoms with E-state index in [0.29, 0.717) is 0 Å². The minimum absolute atomic E-state index is 0.952. The van der Waals surface area contributed by atoms with Crippen molar-refractivity contribution in [1.82, 2.24) is 0 Å². The first-order valence-corrected chi connectivity index (χ1v) is 12.3. The van der Waals surface area contributed by atoms with Gasteiger partial charge in [-0.2, -0.15) is 0 Å². The van der Waals surface area contributed by atoms with Gasteiger partial charge in [0.15, 0.2) is 69.8 Å². The van der Waals surface area contributed by atoms with Gasteiger partial charge in [0.25, 0.3) is 0 Å². The van der Waals surface area contributed by atoms with Gasteiger partial charge in [-0.1, -0.05) is 27.7 Å². The Kier molecular flexibility index (Phi) is 14.7. The van der Waals surface area contributed by atoms with E-state index in [9.17, 15) is 65.9 Å². The predicted molar refractivity (Wildman–Crippen MR) is 121 cm³/mol. The first kappa shape index (κ1) is 39.0. The van der Waals surface area contributed by atoms with Crippen molar-refractivity contribution in [3.63, 3.8) is 0 Å². The molecular weight excluding hydrogens is 689 g/mol. The molecule has 0 saturated heterocycles. The summed E-state index contributed by atoms with van der Waals surface area (Å²) in [7, 11) is -0.322. The predicted octanol–water partition coefficient (Wildman–Crippen LogP) is 4.72. The third kappa shape index (κ3) is 10.1. The van der Waals surface area contributed by atoms with E-state index < -0.39 is 111 Å². The monoisotopic (exact) mass is 698 g/mol. The fourth-order valence-corrected chi connectivity index (χ4v) is 2.63. The second kappa shape index (κ2) is 15.5. The van der Waals surface area contributed by atoms with E-state index in [4.69, 9.17) is 19.2 Å². The maximum absolute atomic E-state index is 12.4. The van der Waals surface area contributed by atoms with Crippen molar-refractivity contribution < 1.29 is 85.1 Å². The number of rotatable bonds is 0. The molecule has 3 N–H and O–H groups in total. The van der Waals surface area contributed by atoms with Crippen LogP contribution in [0.1, 0.15) is 0 Å². The van der Waals surface area contributed by atoms with Crippen molar-refractivity contribution in [3.05, 3.63) is 87.3 Å². The largest absolute Gasteiger partial charge is 0.466 e. The van der Waals surface area contributed by atoms with Gasteiger partial charge in [0.1, 0.15) is 0 Å². The fraction of sp³-hybridized carbons (Fsp3) is 0. The Bertz CT molecular complexity index is 1020. The lowest BCUT2D eigenvalue weighted by molar-refractivity contribution is 0.275. The molecule has 0 aliphatic carbocycles. The lowest BCUT2D eigenvalue weighted by Crippen LogP contribution is -2.13. The highest BCUT2D eigenvalue weighted by atomic mass is 31.2. The summed E-state index contributed by atoms with van der Waals surface area (Å²) < 4.78 is 193. The summed E-state index contributed by atoms with van der Waals surface area (Å²) in [4.78, 5) is 21.6. The van der Waals surface area contributed by atoms with Gasteiger partial charge in [0.05, 0.1) is 0 Å². The van der Waals surface area contributed by atoms with E-state index in [1.165, 1.54) is 27.7 Å². The molecule has 0 fully saturated rings. The van der Waals surface area contributed by atoms with Crippen molar-refractivity contribution in [2.24, 2.45) is 0 Å². The molecule has 4 nitrogen and oxygen atoms in total. The highest BCUT2D eigenvalue weighted by Gasteiger charge is 2.24. The number of benzene rings is 3. The zero-order chi connectivity index (χ0) is 32.9. The van der Waals surface area contributed by atoms with Crippen LogP contribution in [-0.2, 0) is 4.57 Å². The summed E-state index contributed by atoms with van der Waals surface area (Å²) in [5, 5.41) is -2.86. The maximum atomic E-state index is 12.4. The van der Waals surface area contributed by atoms with Gasteiger partial charge in [-0.05, 0) is 0 Å². The van der Waals surface area contributed by atoms with Crippen molar-refractivity contribution in [2.45, 2.75) is 0 Å². The minimum Gasteiger partial charge on any atom is -0.303 e. The van der Waals surface area contributed by atoms with E-state index in [1.54, 1.807) is 0 Å². The molecule has 41 heavy (non-hydrogen) atoms. The first-order chi connectivity index (χ1) is 18.4. The van der Waals surface area contributed by atoms with E-state index in [2.05, 4.69) is 0 Å². The van der Waals surface area contributed by atoms with Crippen LogP contribution in [0.4, 0.5) is 65.9 Å². The van der Waals surface area contributed by atoms with Gasteiger partial charge in [-0.25, -0.2) is 70.4 Å². The zero-order valence-corrected chi connectivity index (χ0v) is 23.0. The first-order valence-electron chi connectivity index (χ1n) is 8.98. The Morgan fingerprint density at radius 1 is 0.317 bits per heavy atom. The minimum atomic E-state index is -4.64. The Morgan fingerprint density at radius 2 is 0.390 bits per heavy atom. The molecule has 3 unspecified atom stereocenters. The number of hydrogen-bond acceptors (Lipinski definition) is 1. The second-order valence-electron chi connectivity index (χ2n) is 6.46. The van der Waals surface area contributed by atoms with Gasteiger partial charge in [-0.3, -0.25) is 0 Å². The number of halogens is 15. The normalized spacial score (nSPS) is 10.7. The molecule has 0 aliphatic rings. The van der Waals surface area contributed by atoms with Crippen molar-refractivity contribution >= 4 is 51.5 Å². The Balaban J connectivity index is 0.000000541. The van der Waals surface area contributed by atoms with E-state index in [1.807, 2.05) is 0 Å². The quantitative estimate of drug-likeness (QED) is 0.138. The van der Waals surface area contributed by atoms with Gasteiger partial charge in [0, 0.05) is 15.9 Å². The highest BCUT2D eigenvalue weighted by molar-refractivity contribution is 7.45. The summed E-state index contributed by atoms with van der Waals surface area (Å²) in [6.07, 6.45) is 0. The van der Waals surface area contributed by atoms with E-state index in [-0.39, 0.29) is 0 Å². The van der Waals surface area contributed by atoms with Crippen LogP contribution in [0.15, 0.2) is 0 Å². The Hall–Kier alpha value is -1.99. The van der Waals surface area contributed by atoms with Crippen LogP contribution in [0.25, 0.3) is 0 Å². The summed E-state index contributed by atoms with van der Waals surface area (Å²) >= 11 is 0. The van der Waals surface area contributed by atoms with Crippen LogP contribution in [0.3, 0.4) is 0 Å². The smallest absolute Gasteiger partial charge is 0.303 e. The standard InChI is InChI=1S/3C6H2F5P.H3O4P/c3*7-1-2(8)4(10)6(12)5(11)3(1)9;1-5(2,3)4/h3*12H2;(H3,1,2,3,4). The van der Waals surface area contributed by atoms with Crippen molar-refractivity contribution in [3.8, 4) is 0 Å². The van der Waals surface area contributed by atoms with Gasteiger partial charge in [0.2, 0.25) is 17.5 Å². The third-order valence-electron chi connectivity index (χ3n) is 3.73. The summed E-state index contributed by atoms with van der Waals surface area (Å²) in [6.45, 7) is 0. The lowest BCUT2D eigenvalue weighted by Gasteiger charge is -2.02. The molecule has 3 rings (SSSR count). The highest BCUT2D eigenvalue weighted by Crippen LogP contribution is 2.26. The molecule has 0 radical (unpaired) electrons. The lowest BCUT2D eigenvalue weighted by atomic mass is 10.3. The molecule has 0 heterocycles. The second-order valence-corrected chi connectivity index (χ2v) is 9.22. The number of hydrogen-bond donors (Lipinski definition) is 3. The summed E-state index contributed by atoms with van der Waals surface area (Å²) in [5.74, 6) is -29.0. The molecule has 0 bridgehead atoms. The van der Waals surface area contributed by atoms with Gasteiger partial charge >= 0.3 is 7.82 Å². The van der Waals surface area contributed by atoms with E-state index >= 15 is 0 Å². The molecule has 0 aliphatic heterocycles. The van der Waals surface area contributed by atoms with Crippen LogP contribution >= 0.6 is 35.5 Å². The molecule has 230 valence electrons. The van der Waals surface area contributed by atoms with Gasteiger partial charge < -0.3 is 14.7 Å². The van der Waals surface area contributed by atoms with Crippen LogP contribution in [0.5, 0.6) is 0 Å². The van der Waals surface area contributed by atoms with Crippen LogP contribution in [0, 0.1) is 87.3 Å². The molecule has 3 aromatic carbocycles. The van der Waals surface area contributed by atoms with Crippen LogP contribution < -0.4 is 15.9 Å². The molecule has 0 amide bonds. The average Bonchev–Trinajstić information content (AvgIpc) is 2.91. The van der Waals surface area contributed by atoms with Crippen LogP contribution in [-0.4, -0.2) is 14.7 Å². The maximum Gasteiger partial charge on any atom is 0.466 e. The van der Waals surface area contributed by atoms with E-state index in [0.717, 1.165) is 0 Å². The molecule has 0 aromatic heterocycles. The summed E-state index contributed by atoms with van der Waals surface area (Å²) in [6, 6.07) is 0. The molecule has 3 atom stereocenters. The van der Waals surface area contributed by atoms with Crippen molar-refractivity contribution in [1.29, 1.82) is 0 Å². The third-order valence-corrected chi connectivity index (χ3v) is 5.25. The SMILES string of the molecule is Fc1c(F)c(F)c(P)c(F)c1F.Fc1c(F)c(F)c(P)c(F)c1F.Fc1c(F)c(F)c(P)c(F)c1F.O=P(O)(O)O. The Labute approximate surface area is 224 Å². The fourth-order valence-electron chi connectivity index (χ4n) is 1.87. The molecule has 23 heteroatoms.